The van der Waals surface area contributed by atoms with Crippen LogP contribution >= 0.6 is 11.8 Å². The first-order valence-corrected chi connectivity index (χ1v) is 7.43. The van der Waals surface area contributed by atoms with E-state index in [-0.39, 0.29) is 6.10 Å². The first-order valence-electron chi connectivity index (χ1n) is 6.27. The van der Waals surface area contributed by atoms with Gasteiger partial charge in [0.2, 0.25) is 0 Å². The highest BCUT2D eigenvalue weighted by Gasteiger charge is 2.25. The number of rotatable bonds is 4. The van der Waals surface area contributed by atoms with Crippen molar-refractivity contribution in [2.24, 2.45) is 0 Å². The second kappa shape index (κ2) is 6.43. The van der Waals surface area contributed by atoms with E-state index in [2.05, 4.69) is 36.2 Å². The summed E-state index contributed by atoms with van der Waals surface area (Å²) in [5, 5.41) is 10.3. The van der Waals surface area contributed by atoms with Crippen molar-refractivity contribution in [2.45, 2.75) is 25.0 Å². The Bertz CT molecular complexity index is 330. The summed E-state index contributed by atoms with van der Waals surface area (Å²) in [7, 11) is 2.12. The zero-order valence-corrected chi connectivity index (χ0v) is 11.2. The average Bonchev–Trinajstić information content (AvgIpc) is 2.38. The molecule has 3 heteroatoms. The highest BCUT2D eigenvalue weighted by atomic mass is 32.2. The van der Waals surface area contributed by atoms with Gasteiger partial charge in [-0.1, -0.05) is 30.3 Å². The number of nitrogens with zero attached hydrogens (tertiary/aromatic N) is 1. The van der Waals surface area contributed by atoms with Gasteiger partial charge in [0.25, 0.3) is 0 Å². The molecule has 0 saturated carbocycles. The van der Waals surface area contributed by atoms with E-state index >= 15 is 0 Å². The second-order valence-corrected chi connectivity index (χ2v) is 5.86. The minimum atomic E-state index is -0.201. The lowest BCUT2D eigenvalue weighted by Gasteiger charge is -2.35. The Morgan fingerprint density at radius 3 is 2.88 bits per heavy atom. The van der Waals surface area contributed by atoms with E-state index in [0.29, 0.717) is 6.04 Å². The maximum absolute atomic E-state index is 10.3. The van der Waals surface area contributed by atoms with Crippen molar-refractivity contribution in [3.05, 3.63) is 35.9 Å². The van der Waals surface area contributed by atoms with Crippen LogP contribution in [0.1, 0.15) is 12.0 Å². The van der Waals surface area contributed by atoms with Crippen molar-refractivity contribution < 1.29 is 5.11 Å². The number of aliphatic hydroxyl groups is 1. The summed E-state index contributed by atoms with van der Waals surface area (Å²) < 4.78 is 0. The van der Waals surface area contributed by atoms with Crippen molar-refractivity contribution in [3.8, 4) is 0 Å². The fourth-order valence-corrected chi connectivity index (χ4v) is 3.56. The van der Waals surface area contributed by atoms with E-state index in [1.807, 2.05) is 17.8 Å². The smallest absolute Gasteiger partial charge is 0.0706 e. The van der Waals surface area contributed by atoms with Crippen LogP contribution in [0, 0.1) is 0 Å². The van der Waals surface area contributed by atoms with Crippen molar-refractivity contribution in [1.29, 1.82) is 0 Å². The molecule has 2 unspecified atom stereocenters. The third-order valence-corrected chi connectivity index (χ3v) is 4.51. The van der Waals surface area contributed by atoms with E-state index in [1.165, 1.54) is 11.3 Å². The summed E-state index contributed by atoms with van der Waals surface area (Å²) >= 11 is 1.96. The first-order chi connectivity index (χ1) is 8.27. The van der Waals surface area contributed by atoms with Gasteiger partial charge in [-0.25, -0.2) is 0 Å². The summed E-state index contributed by atoms with van der Waals surface area (Å²) in [4.78, 5) is 2.30. The molecule has 1 aliphatic heterocycles. The van der Waals surface area contributed by atoms with E-state index < -0.39 is 0 Å². The predicted octanol–water partition coefficient (Wildman–Crippen LogP) is 2.03. The zero-order valence-electron chi connectivity index (χ0n) is 10.4. The molecule has 1 aromatic rings. The van der Waals surface area contributed by atoms with Crippen LogP contribution in [0.25, 0.3) is 0 Å². The van der Waals surface area contributed by atoms with Gasteiger partial charge < -0.3 is 5.11 Å². The van der Waals surface area contributed by atoms with Gasteiger partial charge in [0.05, 0.1) is 6.10 Å². The number of hydrogen-bond donors (Lipinski definition) is 1. The summed E-state index contributed by atoms with van der Waals surface area (Å²) in [5.74, 6) is 2.25. The topological polar surface area (TPSA) is 23.5 Å². The fraction of sp³-hybridized carbons (Fsp3) is 0.571. The van der Waals surface area contributed by atoms with Gasteiger partial charge in [0.15, 0.2) is 0 Å². The first kappa shape index (κ1) is 12.9. The lowest BCUT2D eigenvalue weighted by Crippen LogP contribution is -2.47. The molecule has 1 aliphatic rings. The van der Waals surface area contributed by atoms with Gasteiger partial charge in [0.1, 0.15) is 0 Å². The molecular formula is C14H21NOS. The number of thioether (sulfide) groups is 1. The Hall–Kier alpha value is -0.510. The van der Waals surface area contributed by atoms with Crippen LogP contribution in [-0.2, 0) is 6.42 Å². The lowest BCUT2D eigenvalue weighted by molar-refractivity contribution is 0.0697. The quantitative estimate of drug-likeness (QED) is 0.886. The maximum Gasteiger partial charge on any atom is 0.0706 e. The van der Waals surface area contributed by atoms with Crippen molar-refractivity contribution >= 4 is 11.8 Å². The molecule has 0 aromatic heterocycles. The van der Waals surface area contributed by atoms with E-state index in [9.17, 15) is 5.11 Å². The summed E-state index contributed by atoms with van der Waals surface area (Å²) in [6, 6.07) is 10.7. The molecule has 0 amide bonds. The Morgan fingerprint density at radius 2 is 2.18 bits per heavy atom. The monoisotopic (exact) mass is 251 g/mol. The molecule has 1 N–H and O–H groups in total. The van der Waals surface area contributed by atoms with E-state index in [0.717, 1.165) is 25.1 Å². The molecule has 2 rings (SSSR count). The lowest BCUT2D eigenvalue weighted by atomic mass is 10.0. The average molecular weight is 251 g/mol. The molecule has 17 heavy (non-hydrogen) atoms. The third-order valence-electron chi connectivity index (χ3n) is 3.46. The van der Waals surface area contributed by atoms with Crippen LogP contribution in [0.5, 0.6) is 0 Å². The van der Waals surface area contributed by atoms with Crippen molar-refractivity contribution in [2.75, 3.05) is 25.1 Å². The predicted molar refractivity (Wildman–Crippen MR) is 74.5 cm³/mol. The summed E-state index contributed by atoms with van der Waals surface area (Å²) in [6.07, 6.45) is 1.63. The Balaban J connectivity index is 1.82. The van der Waals surface area contributed by atoms with Gasteiger partial charge in [-0.2, -0.15) is 11.8 Å². The van der Waals surface area contributed by atoms with Crippen LogP contribution in [0.3, 0.4) is 0 Å². The maximum atomic E-state index is 10.3. The number of hydrogen-bond acceptors (Lipinski definition) is 3. The summed E-state index contributed by atoms with van der Waals surface area (Å²) in [6.45, 7) is 1.09. The highest BCUT2D eigenvalue weighted by molar-refractivity contribution is 7.99. The molecule has 0 aliphatic carbocycles. The molecule has 1 saturated heterocycles. The van der Waals surface area contributed by atoms with Gasteiger partial charge >= 0.3 is 0 Å². The number of likely N-dealkylation sites (N-methyl/N-ethyl adjacent to an activating group) is 1. The molecule has 1 fully saturated rings. The van der Waals surface area contributed by atoms with Gasteiger partial charge in [-0.3, -0.25) is 4.90 Å². The van der Waals surface area contributed by atoms with Crippen LogP contribution in [-0.4, -0.2) is 47.3 Å². The molecule has 1 heterocycles. The van der Waals surface area contributed by atoms with Crippen LogP contribution in [0.2, 0.25) is 0 Å². The zero-order chi connectivity index (χ0) is 12.1. The minimum Gasteiger partial charge on any atom is -0.391 e. The van der Waals surface area contributed by atoms with E-state index in [4.69, 9.17) is 0 Å². The van der Waals surface area contributed by atoms with Crippen molar-refractivity contribution in [3.63, 3.8) is 0 Å². The normalized spacial score (nSPS) is 23.5. The number of aliphatic hydroxyl groups excluding tert-OH is 1. The van der Waals surface area contributed by atoms with Gasteiger partial charge in [-0.15, -0.1) is 0 Å². The molecule has 2 atom stereocenters. The molecule has 0 spiro atoms. The summed E-state index contributed by atoms with van der Waals surface area (Å²) in [5.41, 5.74) is 1.32. The molecular weight excluding hydrogens is 230 g/mol. The molecule has 1 aromatic carbocycles. The molecule has 94 valence electrons. The van der Waals surface area contributed by atoms with Crippen LogP contribution in [0.4, 0.5) is 0 Å². The molecule has 0 radical (unpaired) electrons. The number of aryl methyl sites for hydroxylation is 1. The second-order valence-electron chi connectivity index (χ2n) is 4.71. The molecule has 0 bridgehead atoms. The highest BCUT2D eigenvalue weighted by Crippen LogP contribution is 2.19. The standard InChI is InChI=1S/C14H21NOS/c1-15-9-10-17-11-13(15)14(16)8-7-12-5-3-2-4-6-12/h2-6,13-14,16H,7-11H2,1H3. The fourth-order valence-electron chi connectivity index (χ4n) is 2.26. The largest absolute Gasteiger partial charge is 0.391 e. The Kier molecular flexibility index (Phi) is 4.89. The van der Waals surface area contributed by atoms with E-state index in [1.54, 1.807) is 0 Å². The Morgan fingerprint density at radius 1 is 1.41 bits per heavy atom. The molecule has 2 nitrogen and oxygen atoms in total. The van der Waals surface area contributed by atoms with Gasteiger partial charge in [-0.05, 0) is 25.5 Å². The SMILES string of the molecule is CN1CCSCC1C(O)CCc1ccccc1. The third kappa shape index (κ3) is 3.73. The van der Waals surface area contributed by atoms with Crippen LogP contribution in [0.15, 0.2) is 30.3 Å². The van der Waals surface area contributed by atoms with Crippen molar-refractivity contribution in [1.82, 2.24) is 4.90 Å². The van der Waals surface area contributed by atoms with Crippen LogP contribution < -0.4 is 0 Å². The van der Waals surface area contributed by atoms with Gasteiger partial charge in [0, 0.05) is 24.1 Å². The minimum absolute atomic E-state index is 0.201. The number of benzene rings is 1. The Labute approximate surface area is 108 Å².